The van der Waals surface area contributed by atoms with Gasteiger partial charge in [-0.15, -0.1) is 0 Å². The second-order valence-corrected chi connectivity index (χ2v) is 10.5. The average Bonchev–Trinajstić information content (AvgIpc) is 2.86. The minimum Gasteiger partial charge on any atom is -0.357 e. The molecule has 0 aromatic heterocycles. The van der Waals surface area contributed by atoms with Gasteiger partial charge in [-0.1, -0.05) is 52.3 Å². The van der Waals surface area contributed by atoms with E-state index in [1.165, 1.54) is 48.3 Å². The smallest absolute Gasteiger partial charge is 0.264 e. The maximum atomic E-state index is 13.6. The Bertz CT molecular complexity index is 1290. The van der Waals surface area contributed by atoms with Crippen LogP contribution in [0.25, 0.3) is 0 Å². The summed E-state index contributed by atoms with van der Waals surface area (Å²) in [6, 6.07) is 19.0. The zero-order valence-electron chi connectivity index (χ0n) is 19.2. The number of anilines is 1. The number of rotatable bonds is 9. The van der Waals surface area contributed by atoms with Crippen LogP contribution in [0.3, 0.4) is 0 Å². The van der Waals surface area contributed by atoms with Crippen LogP contribution in [0.5, 0.6) is 0 Å². The molecule has 0 fully saturated rings. The summed E-state index contributed by atoms with van der Waals surface area (Å²) in [5, 5.41) is 2.51. The molecular weight excluding hydrogens is 537 g/mol. The quantitative estimate of drug-likeness (QED) is 0.428. The minimum atomic E-state index is -4.11. The maximum absolute atomic E-state index is 13.6. The lowest BCUT2D eigenvalue weighted by Crippen LogP contribution is -2.50. The fourth-order valence-corrected chi connectivity index (χ4v) is 5.27. The first kappa shape index (κ1) is 26.4. The first-order chi connectivity index (χ1) is 16.6. The Kier molecular flexibility index (Phi) is 8.63. The Morgan fingerprint density at radius 1 is 1.00 bits per heavy atom. The Morgan fingerprint density at radius 3 is 2.26 bits per heavy atom. The van der Waals surface area contributed by atoms with E-state index in [0.717, 1.165) is 4.31 Å². The van der Waals surface area contributed by atoms with E-state index in [1.807, 2.05) is 0 Å². The van der Waals surface area contributed by atoms with Crippen molar-refractivity contribution in [3.63, 3.8) is 0 Å². The summed E-state index contributed by atoms with van der Waals surface area (Å²) in [5.41, 5.74) is 0.876. The first-order valence-corrected chi connectivity index (χ1v) is 13.0. The van der Waals surface area contributed by atoms with Gasteiger partial charge in [-0.3, -0.25) is 13.9 Å². The summed E-state index contributed by atoms with van der Waals surface area (Å²) in [7, 11) is -2.66. The van der Waals surface area contributed by atoms with Crippen molar-refractivity contribution in [3.05, 3.63) is 94.7 Å². The number of nitrogens with zero attached hydrogens (tertiary/aromatic N) is 2. The fourth-order valence-electron chi connectivity index (χ4n) is 3.46. The lowest BCUT2D eigenvalue weighted by atomic mass is 10.1. The molecular formula is C25H25BrFN3O4S. The van der Waals surface area contributed by atoms with Crippen molar-refractivity contribution in [3.8, 4) is 0 Å². The van der Waals surface area contributed by atoms with E-state index >= 15 is 0 Å². The number of carbonyl (C=O) groups excluding carboxylic acids is 2. The van der Waals surface area contributed by atoms with Crippen molar-refractivity contribution in [2.45, 2.75) is 24.4 Å². The summed E-state index contributed by atoms with van der Waals surface area (Å²) >= 11 is 3.35. The highest BCUT2D eigenvalue weighted by atomic mass is 79.9. The molecule has 0 spiro atoms. The van der Waals surface area contributed by atoms with Gasteiger partial charge in [0, 0.05) is 18.1 Å². The van der Waals surface area contributed by atoms with Gasteiger partial charge in [-0.25, -0.2) is 12.8 Å². The molecule has 3 aromatic rings. The third-order valence-electron chi connectivity index (χ3n) is 5.39. The predicted molar refractivity (Wildman–Crippen MR) is 136 cm³/mol. The monoisotopic (exact) mass is 561 g/mol. The molecule has 0 radical (unpaired) electrons. The number of hydrogen-bond donors (Lipinski definition) is 1. The number of likely N-dealkylation sites (N-methyl/N-ethyl adjacent to an activating group) is 1. The molecule has 0 saturated carbocycles. The van der Waals surface area contributed by atoms with Crippen molar-refractivity contribution in [2.75, 3.05) is 17.9 Å². The highest BCUT2D eigenvalue weighted by Crippen LogP contribution is 2.27. The Labute approximate surface area is 212 Å². The highest BCUT2D eigenvalue weighted by molar-refractivity contribution is 9.10. The van der Waals surface area contributed by atoms with Gasteiger partial charge in [-0.2, -0.15) is 0 Å². The van der Waals surface area contributed by atoms with Crippen LogP contribution in [-0.4, -0.2) is 44.8 Å². The lowest BCUT2D eigenvalue weighted by Gasteiger charge is -2.31. The number of hydrogen-bond acceptors (Lipinski definition) is 4. The highest BCUT2D eigenvalue weighted by Gasteiger charge is 2.32. The second-order valence-electron chi connectivity index (χ2n) is 7.74. The van der Waals surface area contributed by atoms with Crippen LogP contribution in [0.15, 0.2) is 88.2 Å². The molecule has 3 aromatic carbocycles. The number of benzene rings is 3. The number of carbonyl (C=O) groups is 2. The molecule has 2 amide bonds. The zero-order chi connectivity index (χ0) is 25.6. The van der Waals surface area contributed by atoms with Crippen molar-refractivity contribution in [2.24, 2.45) is 0 Å². The van der Waals surface area contributed by atoms with E-state index in [9.17, 15) is 22.4 Å². The standard InChI is InChI=1S/C25H25BrFN3O4S/c1-18(25(32)28-2)29(16-19-11-13-21(27)14-12-19)24(31)17-30(22-8-6-7-20(26)15-22)35(33,34)23-9-4-3-5-10-23/h3-15,18H,16-17H2,1-2H3,(H,28,32)/t18-/m1/s1. The average molecular weight is 562 g/mol. The topological polar surface area (TPSA) is 86.8 Å². The third-order valence-corrected chi connectivity index (χ3v) is 7.67. The SMILES string of the molecule is CNC(=O)[C@@H](C)N(Cc1ccc(F)cc1)C(=O)CN(c1cccc(Br)c1)S(=O)(=O)c1ccccc1. The summed E-state index contributed by atoms with van der Waals surface area (Å²) < 4.78 is 42.2. The van der Waals surface area contributed by atoms with Gasteiger partial charge in [0.25, 0.3) is 10.0 Å². The van der Waals surface area contributed by atoms with E-state index < -0.39 is 40.2 Å². The number of amides is 2. The van der Waals surface area contributed by atoms with Crippen molar-refractivity contribution >= 4 is 43.5 Å². The summed E-state index contributed by atoms with van der Waals surface area (Å²) in [4.78, 5) is 27.3. The number of nitrogens with one attached hydrogen (secondary N) is 1. The first-order valence-electron chi connectivity index (χ1n) is 10.7. The zero-order valence-corrected chi connectivity index (χ0v) is 21.6. The van der Waals surface area contributed by atoms with Gasteiger partial charge in [0.05, 0.1) is 10.6 Å². The minimum absolute atomic E-state index is 0.00852. The van der Waals surface area contributed by atoms with Gasteiger partial charge < -0.3 is 10.2 Å². The van der Waals surface area contributed by atoms with Crippen molar-refractivity contribution < 1.29 is 22.4 Å². The van der Waals surface area contributed by atoms with E-state index in [2.05, 4.69) is 21.2 Å². The molecule has 0 aliphatic heterocycles. The summed E-state index contributed by atoms with van der Waals surface area (Å²) in [5.74, 6) is -1.44. The van der Waals surface area contributed by atoms with E-state index in [-0.39, 0.29) is 17.1 Å². The molecule has 1 atom stereocenters. The van der Waals surface area contributed by atoms with Crippen LogP contribution in [0.2, 0.25) is 0 Å². The van der Waals surface area contributed by atoms with Crippen LogP contribution < -0.4 is 9.62 Å². The Morgan fingerprint density at radius 2 is 1.66 bits per heavy atom. The lowest BCUT2D eigenvalue weighted by molar-refractivity contribution is -0.139. The Balaban J connectivity index is 2.01. The molecule has 0 unspecified atom stereocenters. The Hall–Kier alpha value is -3.24. The number of halogens is 2. The van der Waals surface area contributed by atoms with Crippen LogP contribution >= 0.6 is 15.9 Å². The summed E-state index contributed by atoms with van der Waals surface area (Å²) in [6.07, 6.45) is 0. The van der Waals surface area contributed by atoms with E-state index in [1.54, 1.807) is 49.4 Å². The molecule has 0 aliphatic rings. The molecule has 0 heterocycles. The third kappa shape index (κ3) is 6.46. The molecule has 0 saturated heterocycles. The van der Waals surface area contributed by atoms with Gasteiger partial charge in [0.1, 0.15) is 18.4 Å². The van der Waals surface area contributed by atoms with Gasteiger partial charge in [0.15, 0.2) is 0 Å². The van der Waals surface area contributed by atoms with Crippen LogP contribution in [-0.2, 0) is 26.2 Å². The molecule has 10 heteroatoms. The predicted octanol–water partition coefficient (Wildman–Crippen LogP) is 3.95. The van der Waals surface area contributed by atoms with Crippen LogP contribution in [0.4, 0.5) is 10.1 Å². The molecule has 0 aliphatic carbocycles. The van der Waals surface area contributed by atoms with Gasteiger partial charge in [0.2, 0.25) is 11.8 Å². The normalized spacial score (nSPS) is 12.0. The summed E-state index contributed by atoms with van der Waals surface area (Å²) in [6.45, 7) is 0.997. The second kappa shape index (κ2) is 11.5. The molecule has 7 nitrogen and oxygen atoms in total. The van der Waals surface area contributed by atoms with Crippen LogP contribution in [0.1, 0.15) is 12.5 Å². The number of sulfonamides is 1. The fraction of sp³-hybridized carbons (Fsp3) is 0.200. The van der Waals surface area contributed by atoms with Crippen molar-refractivity contribution in [1.29, 1.82) is 0 Å². The van der Waals surface area contributed by atoms with Crippen molar-refractivity contribution in [1.82, 2.24) is 10.2 Å². The molecule has 184 valence electrons. The van der Waals surface area contributed by atoms with Gasteiger partial charge in [-0.05, 0) is 55.0 Å². The molecule has 0 bridgehead atoms. The molecule has 35 heavy (non-hydrogen) atoms. The largest absolute Gasteiger partial charge is 0.357 e. The maximum Gasteiger partial charge on any atom is 0.264 e. The van der Waals surface area contributed by atoms with E-state index in [4.69, 9.17) is 0 Å². The van der Waals surface area contributed by atoms with E-state index in [0.29, 0.717) is 10.0 Å². The molecule has 3 rings (SSSR count). The van der Waals surface area contributed by atoms with Crippen LogP contribution in [0, 0.1) is 5.82 Å². The molecule has 1 N–H and O–H groups in total. The van der Waals surface area contributed by atoms with Gasteiger partial charge >= 0.3 is 0 Å².